The molecule has 0 aliphatic heterocycles. The number of phenolic OH excluding ortho intramolecular Hbond substituents is 1. The van der Waals surface area contributed by atoms with Gasteiger partial charge in [0, 0.05) is 11.6 Å². The molecule has 3 rings (SSSR count). The van der Waals surface area contributed by atoms with Gasteiger partial charge in [-0.3, -0.25) is 0 Å². The van der Waals surface area contributed by atoms with Gasteiger partial charge in [-0.25, -0.2) is 0 Å². The van der Waals surface area contributed by atoms with Crippen molar-refractivity contribution in [3.8, 4) is 5.75 Å². The van der Waals surface area contributed by atoms with Crippen molar-refractivity contribution in [3.05, 3.63) is 52.5 Å². The highest BCUT2D eigenvalue weighted by molar-refractivity contribution is 5.50. The van der Waals surface area contributed by atoms with E-state index in [1.807, 2.05) is 25.1 Å². The van der Waals surface area contributed by atoms with Gasteiger partial charge in [-0.2, -0.15) is 0 Å². The van der Waals surface area contributed by atoms with Crippen LogP contribution in [0.25, 0.3) is 0 Å². The summed E-state index contributed by atoms with van der Waals surface area (Å²) in [6.45, 7) is 6.99. The average Bonchev–Trinajstić information content (AvgIpc) is 2.96. The second-order valence-corrected chi connectivity index (χ2v) is 5.81. The molecule has 2 N–H and O–H groups in total. The summed E-state index contributed by atoms with van der Waals surface area (Å²) in [5.41, 5.74) is 3.64. The molecule has 0 bridgehead atoms. The standard InChI is InChI=1S/C17H21NO2/c1-10-4-7-15(19)17-14(8-11(2)16(10)17)18-9-13-6-5-12(3)20-13/h4-7,11,14,18-19H,8-9H2,1-3H3. The molecule has 1 aromatic carbocycles. The number of benzene rings is 1. The Morgan fingerprint density at radius 3 is 2.70 bits per heavy atom. The predicted octanol–water partition coefficient (Wildman–Crippen LogP) is 3.94. The Balaban J connectivity index is 1.82. The Labute approximate surface area is 119 Å². The number of fused-ring (bicyclic) bond motifs is 1. The minimum Gasteiger partial charge on any atom is -0.508 e. The van der Waals surface area contributed by atoms with Gasteiger partial charge in [0.15, 0.2) is 0 Å². The molecule has 1 aliphatic rings. The molecule has 3 heteroatoms. The van der Waals surface area contributed by atoms with Gasteiger partial charge in [-0.1, -0.05) is 13.0 Å². The van der Waals surface area contributed by atoms with Crippen LogP contribution < -0.4 is 5.32 Å². The number of aromatic hydroxyl groups is 1. The van der Waals surface area contributed by atoms with Crippen LogP contribution in [0.5, 0.6) is 5.75 Å². The Kier molecular flexibility index (Phi) is 3.30. The molecule has 2 atom stereocenters. The van der Waals surface area contributed by atoms with Gasteiger partial charge in [0.05, 0.1) is 6.54 Å². The summed E-state index contributed by atoms with van der Waals surface area (Å²) < 4.78 is 5.59. The van der Waals surface area contributed by atoms with Crippen LogP contribution in [0.15, 0.2) is 28.7 Å². The Morgan fingerprint density at radius 2 is 2.00 bits per heavy atom. The Bertz CT molecular complexity index is 630. The second kappa shape index (κ2) is 4.98. The van der Waals surface area contributed by atoms with Crippen molar-refractivity contribution in [2.75, 3.05) is 0 Å². The zero-order valence-corrected chi connectivity index (χ0v) is 12.2. The molecule has 1 aliphatic carbocycles. The molecule has 106 valence electrons. The van der Waals surface area contributed by atoms with Gasteiger partial charge < -0.3 is 14.8 Å². The number of hydrogen-bond donors (Lipinski definition) is 2. The number of hydrogen-bond acceptors (Lipinski definition) is 3. The molecule has 2 aromatic rings. The highest BCUT2D eigenvalue weighted by Gasteiger charge is 2.31. The smallest absolute Gasteiger partial charge is 0.120 e. The molecule has 0 radical (unpaired) electrons. The van der Waals surface area contributed by atoms with E-state index in [9.17, 15) is 5.11 Å². The lowest BCUT2D eigenvalue weighted by Gasteiger charge is -2.15. The lowest BCUT2D eigenvalue weighted by atomic mass is 9.97. The van der Waals surface area contributed by atoms with Crippen LogP contribution in [-0.2, 0) is 6.54 Å². The molecule has 0 amide bonds. The first-order valence-electron chi connectivity index (χ1n) is 7.17. The van der Waals surface area contributed by atoms with E-state index >= 15 is 0 Å². The monoisotopic (exact) mass is 271 g/mol. The second-order valence-electron chi connectivity index (χ2n) is 5.81. The first kappa shape index (κ1) is 13.3. The van der Waals surface area contributed by atoms with Crippen LogP contribution in [-0.4, -0.2) is 5.11 Å². The van der Waals surface area contributed by atoms with E-state index in [0.717, 1.165) is 23.5 Å². The third-order valence-corrected chi connectivity index (χ3v) is 4.23. The van der Waals surface area contributed by atoms with Crippen molar-refractivity contribution in [3.63, 3.8) is 0 Å². The molecule has 0 spiro atoms. The Hall–Kier alpha value is -1.74. The van der Waals surface area contributed by atoms with Crippen molar-refractivity contribution >= 4 is 0 Å². The van der Waals surface area contributed by atoms with E-state index < -0.39 is 0 Å². The van der Waals surface area contributed by atoms with E-state index in [2.05, 4.69) is 19.2 Å². The quantitative estimate of drug-likeness (QED) is 0.888. The summed E-state index contributed by atoms with van der Waals surface area (Å²) in [5.74, 6) is 2.76. The number of nitrogens with one attached hydrogen (secondary N) is 1. The molecule has 1 heterocycles. The van der Waals surface area contributed by atoms with Gasteiger partial charge in [-0.05, 0) is 55.5 Å². The summed E-state index contributed by atoms with van der Waals surface area (Å²) in [5, 5.41) is 13.7. The van der Waals surface area contributed by atoms with E-state index in [-0.39, 0.29) is 6.04 Å². The molecular weight excluding hydrogens is 250 g/mol. The molecular formula is C17H21NO2. The zero-order valence-electron chi connectivity index (χ0n) is 12.2. The van der Waals surface area contributed by atoms with Crippen LogP contribution >= 0.6 is 0 Å². The lowest BCUT2D eigenvalue weighted by molar-refractivity contribution is 0.415. The summed E-state index contributed by atoms with van der Waals surface area (Å²) >= 11 is 0. The van der Waals surface area contributed by atoms with Crippen molar-refractivity contribution in [2.24, 2.45) is 0 Å². The minimum atomic E-state index is 0.199. The van der Waals surface area contributed by atoms with Gasteiger partial charge in [0.25, 0.3) is 0 Å². The first-order valence-corrected chi connectivity index (χ1v) is 7.17. The van der Waals surface area contributed by atoms with Crippen molar-refractivity contribution in [1.29, 1.82) is 0 Å². The summed E-state index contributed by atoms with van der Waals surface area (Å²) in [6, 6.07) is 7.98. The van der Waals surface area contributed by atoms with Crippen LogP contribution in [0.4, 0.5) is 0 Å². The fraction of sp³-hybridized carbons (Fsp3) is 0.412. The van der Waals surface area contributed by atoms with E-state index in [0.29, 0.717) is 18.2 Å². The van der Waals surface area contributed by atoms with E-state index in [1.165, 1.54) is 11.1 Å². The Morgan fingerprint density at radius 1 is 1.20 bits per heavy atom. The van der Waals surface area contributed by atoms with Crippen LogP contribution in [0, 0.1) is 13.8 Å². The maximum atomic E-state index is 10.2. The summed E-state index contributed by atoms with van der Waals surface area (Å²) in [4.78, 5) is 0. The van der Waals surface area contributed by atoms with Crippen molar-refractivity contribution in [1.82, 2.24) is 5.32 Å². The van der Waals surface area contributed by atoms with Crippen LogP contribution in [0.2, 0.25) is 0 Å². The maximum Gasteiger partial charge on any atom is 0.120 e. The summed E-state index contributed by atoms with van der Waals surface area (Å²) in [7, 11) is 0. The minimum absolute atomic E-state index is 0.199. The van der Waals surface area contributed by atoms with Gasteiger partial charge in [0.2, 0.25) is 0 Å². The van der Waals surface area contributed by atoms with E-state index in [4.69, 9.17) is 4.42 Å². The molecule has 2 unspecified atom stereocenters. The SMILES string of the molecule is Cc1ccc(CNC2CC(C)c3c(C)ccc(O)c32)o1. The van der Waals surface area contributed by atoms with Gasteiger partial charge in [-0.15, -0.1) is 0 Å². The fourth-order valence-corrected chi connectivity index (χ4v) is 3.33. The van der Waals surface area contributed by atoms with Crippen LogP contribution in [0.1, 0.15) is 53.5 Å². The third kappa shape index (κ3) is 2.22. The van der Waals surface area contributed by atoms with Crippen molar-refractivity contribution < 1.29 is 9.52 Å². The van der Waals surface area contributed by atoms with E-state index in [1.54, 1.807) is 6.07 Å². The number of rotatable bonds is 3. The topological polar surface area (TPSA) is 45.4 Å². The lowest BCUT2D eigenvalue weighted by Crippen LogP contribution is -2.18. The normalized spacial score (nSPS) is 21.1. The molecule has 0 saturated heterocycles. The number of phenols is 1. The number of aryl methyl sites for hydroxylation is 2. The molecule has 20 heavy (non-hydrogen) atoms. The van der Waals surface area contributed by atoms with Crippen molar-refractivity contribution in [2.45, 2.75) is 45.7 Å². The largest absolute Gasteiger partial charge is 0.508 e. The summed E-state index contributed by atoms with van der Waals surface area (Å²) in [6.07, 6.45) is 1.02. The number of furan rings is 1. The fourth-order valence-electron chi connectivity index (χ4n) is 3.33. The maximum absolute atomic E-state index is 10.2. The highest BCUT2D eigenvalue weighted by Crippen LogP contribution is 2.45. The molecule has 1 aromatic heterocycles. The van der Waals surface area contributed by atoms with Gasteiger partial charge in [0.1, 0.15) is 17.3 Å². The van der Waals surface area contributed by atoms with Crippen LogP contribution in [0.3, 0.4) is 0 Å². The molecule has 0 fully saturated rings. The molecule has 0 saturated carbocycles. The first-order chi connectivity index (χ1) is 9.56. The zero-order chi connectivity index (χ0) is 14.3. The van der Waals surface area contributed by atoms with Gasteiger partial charge >= 0.3 is 0 Å². The highest BCUT2D eigenvalue weighted by atomic mass is 16.3. The third-order valence-electron chi connectivity index (χ3n) is 4.23. The molecule has 3 nitrogen and oxygen atoms in total. The average molecular weight is 271 g/mol. The predicted molar refractivity (Wildman–Crippen MR) is 78.9 cm³/mol.